The van der Waals surface area contributed by atoms with Crippen LogP contribution in [0.4, 0.5) is 14.0 Å². The van der Waals surface area contributed by atoms with E-state index in [0.717, 1.165) is 17.0 Å². The number of amides is 1. The van der Waals surface area contributed by atoms with Crippen LogP contribution in [0.2, 0.25) is 0 Å². The Balaban J connectivity index is 2.33. The minimum absolute atomic E-state index is 0.262. The van der Waals surface area contributed by atoms with Gasteiger partial charge in [-0.15, -0.1) is 3.89 Å². The summed E-state index contributed by atoms with van der Waals surface area (Å²) < 4.78 is 47.6. The van der Waals surface area contributed by atoms with Crippen LogP contribution in [0.15, 0.2) is 22.7 Å². The zero-order valence-corrected chi connectivity index (χ0v) is 11.3. The SMILES string of the molecule is O=C1CC(S(=O)(=O)F)CN1c1ccc(F)cc1Br. The summed E-state index contributed by atoms with van der Waals surface area (Å²) in [4.78, 5) is 12.8. The van der Waals surface area contributed by atoms with Crippen LogP contribution in [-0.4, -0.2) is 26.1 Å². The zero-order valence-electron chi connectivity index (χ0n) is 8.94. The topological polar surface area (TPSA) is 54.5 Å². The van der Waals surface area contributed by atoms with Gasteiger partial charge in [-0.3, -0.25) is 4.79 Å². The summed E-state index contributed by atoms with van der Waals surface area (Å²) in [5, 5.41) is -1.36. The predicted molar refractivity (Wildman–Crippen MR) is 64.9 cm³/mol. The molecule has 18 heavy (non-hydrogen) atoms. The van der Waals surface area contributed by atoms with Gasteiger partial charge in [0.05, 0.1) is 5.69 Å². The average Bonchev–Trinajstić information content (AvgIpc) is 2.60. The van der Waals surface area contributed by atoms with Crippen molar-refractivity contribution in [1.29, 1.82) is 0 Å². The molecule has 1 aliphatic rings. The van der Waals surface area contributed by atoms with Crippen LogP contribution in [0.3, 0.4) is 0 Å². The third-order valence-corrected chi connectivity index (χ3v) is 4.44. The van der Waals surface area contributed by atoms with Crippen LogP contribution in [0, 0.1) is 5.82 Å². The van der Waals surface area contributed by atoms with E-state index in [-0.39, 0.29) is 6.54 Å². The van der Waals surface area contributed by atoms with E-state index in [1.165, 1.54) is 6.07 Å². The molecule has 1 unspecified atom stereocenters. The largest absolute Gasteiger partial charge is 0.310 e. The summed E-state index contributed by atoms with van der Waals surface area (Å²) in [5.41, 5.74) is 0.326. The maximum Gasteiger partial charge on any atom is 0.307 e. The Morgan fingerprint density at radius 1 is 1.39 bits per heavy atom. The fraction of sp³-hybridized carbons (Fsp3) is 0.300. The molecule has 1 aromatic carbocycles. The molecule has 8 heteroatoms. The number of carbonyl (C=O) groups is 1. The van der Waals surface area contributed by atoms with E-state index in [0.29, 0.717) is 10.2 Å². The van der Waals surface area contributed by atoms with Crippen molar-refractivity contribution in [3.8, 4) is 0 Å². The molecule has 1 aliphatic heterocycles. The minimum atomic E-state index is -4.75. The molecule has 0 saturated carbocycles. The van der Waals surface area contributed by atoms with E-state index in [9.17, 15) is 21.5 Å². The van der Waals surface area contributed by atoms with E-state index in [4.69, 9.17) is 0 Å². The smallest absolute Gasteiger partial charge is 0.307 e. The van der Waals surface area contributed by atoms with Gasteiger partial charge in [0, 0.05) is 17.4 Å². The van der Waals surface area contributed by atoms with E-state index >= 15 is 0 Å². The minimum Gasteiger partial charge on any atom is -0.310 e. The van der Waals surface area contributed by atoms with Gasteiger partial charge in [-0.2, -0.15) is 8.42 Å². The maximum atomic E-state index is 12.9. The molecule has 0 spiro atoms. The summed E-state index contributed by atoms with van der Waals surface area (Å²) >= 11 is 3.08. The molecule has 0 aromatic heterocycles. The number of halogens is 3. The van der Waals surface area contributed by atoms with Crippen molar-refractivity contribution >= 4 is 37.7 Å². The molecular weight excluding hydrogens is 332 g/mol. The van der Waals surface area contributed by atoms with E-state index in [2.05, 4.69) is 15.9 Å². The third kappa shape index (κ3) is 2.54. The molecule has 98 valence electrons. The molecule has 0 radical (unpaired) electrons. The summed E-state index contributed by atoms with van der Waals surface area (Å²) in [5.74, 6) is -1.000. The van der Waals surface area contributed by atoms with Crippen LogP contribution in [0.5, 0.6) is 0 Å². The van der Waals surface area contributed by atoms with Crippen molar-refractivity contribution in [3.05, 3.63) is 28.5 Å². The predicted octanol–water partition coefficient (Wildman–Crippen LogP) is 1.99. The second kappa shape index (κ2) is 4.58. The van der Waals surface area contributed by atoms with Crippen LogP contribution >= 0.6 is 15.9 Å². The molecule has 1 amide bonds. The Morgan fingerprint density at radius 2 is 2.06 bits per heavy atom. The normalized spacial score (nSPS) is 20.5. The Labute approximate surface area is 111 Å². The first kappa shape index (κ1) is 13.4. The van der Waals surface area contributed by atoms with Gasteiger partial charge >= 0.3 is 10.2 Å². The van der Waals surface area contributed by atoms with E-state index < -0.39 is 33.6 Å². The van der Waals surface area contributed by atoms with Crippen molar-refractivity contribution in [3.63, 3.8) is 0 Å². The highest BCUT2D eigenvalue weighted by atomic mass is 79.9. The first-order valence-electron chi connectivity index (χ1n) is 4.98. The lowest BCUT2D eigenvalue weighted by atomic mass is 10.3. The Bertz CT molecular complexity index is 605. The number of anilines is 1. The van der Waals surface area contributed by atoms with Crippen LogP contribution in [-0.2, 0) is 15.0 Å². The quantitative estimate of drug-likeness (QED) is 0.774. The molecule has 1 aromatic rings. The third-order valence-electron chi connectivity index (χ3n) is 2.69. The lowest BCUT2D eigenvalue weighted by Crippen LogP contribution is -2.27. The van der Waals surface area contributed by atoms with Crippen LogP contribution in [0.1, 0.15) is 6.42 Å². The first-order chi connectivity index (χ1) is 8.29. The van der Waals surface area contributed by atoms with E-state index in [1.54, 1.807) is 0 Å². The average molecular weight is 340 g/mol. The van der Waals surface area contributed by atoms with Crippen LogP contribution in [0.25, 0.3) is 0 Å². The van der Waals surface area contributed by atoms with Crippen molar-refractivity contribution in [2.45, 2.75) is 11.7 Å². The second-order valence-corrected chi connectivity index (χ2v) is 6.37. The van der Waals surface area contributed by atoms with Crippen molar-refractivity contribution < 1.29 is 21.5 Å². The summed E-state index contributed by atoms with van der Waals surface area (Å²) in [7, 11) is -4.75. The zero-order chi connectivity index (χ0) is 13.5. The fourth-order valence-corrected chi connectivity index (χ4v) is 3.03. The van der Waals surface area contributed by atoms with Gasteiger partial charge in [-0.25, -0.2) is 4.39 Å². The number of carbonyl (C=O) groups excluding carboxylic acids is 1. The van der Waals surface area contributed by atoms with Gasteiger partial charge in [0.2, 0.25) is 5.91 Å². The van der Waals surface area contributed by atoms with Crippen molar-refractivity contribution in [1.82, 2.24) is 0 Å². The summed E-state index contributed by atoms with van der Waals surface area (Å²) in [6.45, 7) is -0.262. The molecule has 1 atom stereocenters. The molecule has 2 rings (SSSR count). The Kier molecular flexibility index (Phi) is 3.41. The molecule has 0 aliphatic carbocycles. The molecule has 0 bridgehead atoms. The molecular formula is C10H8BrF2NO3S. The highest BCUT2D eigenvalue weighted by molar-refractivity contribution is 9.10. The van der Waals surface area contributed by atoms with Crippen LogP contribution < -0.4 is 4.90 Å². The second-order valence-electron chi connectivity index (χ2n) is 3.90. The number of benzene rings is 1. The lowest BCUT2D eigenvalue weighted by Gasteiger charge is -2.17. The van der Waals surface area contributed by atoms with Gasteiger partial charge in [-0.05, 0) is 34.1 Å². The molecule has 0 N–H and O–H groups in total. The summed E-state index contributed by atoms with van der Waals surface area (Å²) in [6, 6.07) is 3.63. The van der Waals surface area contributed by atoms with Gasteiger partial charge in [0.15, 0.2) is 0 Å². The monoisotopic (exact) mass is 339 g/mol. The van der Waals surface area contributed by atoms with Gasteiger partial charge in [0.1, 0.15) is 11.1 Å². The maximum absolute atomic E-state index is 12.9. The number of hydrogen-bond acceptors (Lipinski definition) is 3. The van der Waals surface area contributed by atoms with Crippen molar-refractivity contribution in [2.75, 3.05) is 11.4 Å². The lowest BCUT2D eigenvalue weighted by molar-refractivity contribution is -0.117. The Morgan fingerprint density at radius 3 is 2.56 bits per heavy atom. The van der Waals surface area contributed by atoms with Gasteiger partial charge in [0.25, 0.3) is 0 Å². The number of rotatable bonds is 2. The van der Waals surface area contributed by atoms with Crippen molar-refractivity contribution in [2.24, 2.45) is 0 Å². The van der Waals surface area contributed by atoms with E-state index in [1.807, 2.05) is 0 Å². The number of hydrogen-bond donors (Lipinski definition) is 0. The number of nitrogens with zero attached hydrogens (tertiary/aromatic N) is 1. The molecule has 1 fully saturated rings. The Hall–Kier alpha value is -1.02. The highest BCUT2D eigenvalue weighted by Gasteiger charge is 2.39. The molecule has 1 saturated heterocycles. The van der Waals surface area contributed by atoms with Gasteiger partial charge < -0.3 is 4.90 Å². The standard InChI is InChI=1S/C10H8BrF2NO3S/c11-8-3-6(12)1-2-9(8)14-5-7(4-10(14)15)18(13,16)17/h1-3,7H,4-5H2. The van der Waals surface area contributed by atoms with Gasteiger partial charge in [-0.1, -0.05) is 0 Å². The highest BCUT2D eigenvalue weighted by Crippen LogP contribution is 2.32. The molecule has 4 nitrogen and oxygen atoms in total. The summed E-state index contributed by atoms with van der Waals surface area (Å²) in [6.07, 6.45) is -0.400. The fourth-order valence-electron chi connectivity index (χ4n) is 1.80. The molecule has 1 heterocycles. The first-order valence-corrected chi connectivity index (χ1v) is 7.22.